The minimum atomic E-state index is -4.57. The lowest BCUT2D eigenvalue weighted by Crippen LogP contribution is -2.33. The molecule has 0 spiro atoms. The number of hydrogen-bond acceptors (Lipinski definition) is 4. The minimum absolute atomic E-state index is 0.0306. The molecule has 4 rings (SSSR count). The molecule has 1 aromatic heterocycles. The van der Waals surface area contributed by atoms with E-state index in [9.17, 15) is 26.4 Å². The predicted molar refractivity (Wildman–Crippen MR) is 129 cm³/mol. The summed E-state index contributed by atoms with van der Waals surface area (Å²) in [5.41, 5.74) is 0.543. The van der Waals surface area contributed by atoms with E-state index < -0.39 is 27.3 Å². The average Bonchev–Trinajstić information content (AvgIpc) is 3.57. The number of hydrogen-bond donors (Lipinski definition) is 0. The van der Waals surface area contributed by atoms with E-state index in [-0.39, 0.29) is 42.2 Å². The molecule has 190 valence electrons. The highest BCUT2D eigenvalue weighted by atomic mass is 32.2. The van der Waals surface area contributed by atoms with E-state index in [2.05, 4.69) is 11.6 Å². The van der Waals surface area contributed by atoms with Gasteiger partial charge in [-0.1, -0.05) is 54.6 Å². The Balaban J connectivity index is 1.59. The summed E-state index contributed by atoms with van der Waals surface area (Å²) in [6.45, 7) is 4.14. The number of halogens is 3. The number of carbonyl (C=O) groups is 1. The zero-order valence-electron chi connectivity index (χ0n) is 19.5. The van der Waals surface area contributed by atoms with Gasteiger partial charge in [0.15, 0.2) is 0 Å². The molecule has 6 nitrogen and oxygen atoms in total. The molecule has 0 bridgehead atoms. The number of alkyl halides is 3. The molecule has 1 aliphatic carbocycles. The zero-order chi connectivity index (χ0) is 25.9. The van der Waals surface area contributed by atoms with Crippen LogP contribution in [0.15, 0.2) is 78.6 Å². The highest BCUT2D eigenvalue weighted by molar-refractivity contribution is 7.90. The summed E-state index contributed by atoms with van der Waals surface area (Å²) in [4.78, 5) is 18.7. The monoisotopic (exact) mass is 517 g/mol. The van der Waals surface area contributed by atoms with Gasteiger partial charge in [0.1, 0.15) is 0 Å². The molecule has 0 N–H and O–H groups in total. The van der Waals surface area contributed by atoms with Crippen LogP contribution in [-0.4, -0.2) is 35.3 Å². The predicted octanol–water partition coefficient (Wildman–Crippen LogP) is 4.97. The van der Waals surface area contributed by atoms with Crippen molar-refractivity contribution in [3.05, 3.63) is 95.8 Å². The SMILES string of the molecule is C=CCN(Cc1cnc(S(=O)(=O)Cc2cccc(C(F)(F)F)c2)n1C1CC1)C(=O)Cc1ccccc1. The third-order valence-corrected chi connectivity index (χ3v) is 7.47. The van der Waals surface area contributed by atoms with E-state index >= 15 is 0 Å². The molecule has 3 aromatic rings. The molecular formula is C26H26F3N3O3S. The van der Waals surface area contributed by atoms with Crippen LogP contribution in [0.1, 0.15) is 41.3 Å². The Labute approximate surface area is 208 Å². The third kappa shape index (κ3) is 6.04. The van der Waals surface area contributed by atoms with Crippen LogP contribution in [0, 0.1) is 0 Å². The van der Waals surface area contributed by atoms with E-state index in [4.69, 9.17) is 0 Å². The first-order valence-electron chi connectivity index (χ1n) is 11.5. The van der Waals surface area contributed by atoms with Crippen molar-refractivity contribution in [3.8, 4) is 0 Å². The molecule has 1 heterocycles. The normalized spacial score (nSPS) is 14.0. The maximum Gasteiger partial charge on any atom is 0.416 e. The first-order valence-corrected chi connectivity index (χ1v) is 13.1. The number of aromatic nitrogens is 2. The fraction of sp³-hybridized carbons (Fsp3) is 0.308. The van der Waals surface area contributed by atoms with Crippen LogP contribution in [0.4, 0.5) is 13.2 Å². The van der Waals surface area contributed by atoms with Gasteiger partial charge in [0.25, 0.3) is 0 Å². The summed E-state index contributed by atoms with van der Waals surface area (Å²) in [7, 11) is -4.05. The van der Waals surface area contributed by atoms with Crippen molar-refractivity contribution in [2.45, 2.75) is 48.9 Å². The summed E-state index contributed by atoms with van der Waals surface area (Å²) in [6, 6.07) is 13.5. The molecule has 1 fully saturated rings. The lowest BCUT2D eigenvalue weighted by atomic mass is 10.1. The molecule has 1 amide bonds. The number of rotatable bonds is 10. The van der Waals surface area contributed by atoms with Gasteiger partial charge in [0, 0.05) is 12.6 Å². The second-order valence-electron chi connectivity index (χ2n) is 8.82. The number of nitrogens with zero attached hydrogens (tertiary/aromatic N) is 3. The number of sulfone groups is 1. The standard InChI is InChI=1S/C26H26F3N3O3S/c1-2-13-31(24(33)15-19-7-4-3-5-8-19)17-23-16-30-25(32(23)22-11-12-22)36(34,35)18-20-9-6-10-21(14-20)26(27,28)29/h2-10,14,16,22H,1,11-13,15,17-18H2. The second-order valence-corrected chi connectivity index (χ2v) is 10.7. The molecule has 0 radical (unpaired) electrons. The Morgan fingerprint density at radius 3 is 2.44 bits per heavy atom. The number of benzene rings is 2. The Hall–Kier alpha value is -3.40. The van der Waals surface area contributed by atoms with Crippen LogP contribution < -0.4 is 0 Å². The first kappa shape index (κ1) is 25.7. The Morgan fingerprint density at radius 1 is 1.11 bits per heavy atom. The molecule has 0 saturated heterocycles. The largest absolute Gasteiger partial charge is 0.416 e. The summed E-state index contributed by atoms with van der Waals surface area (Å²) in [5, 5.41) is -0.188. The van der Waals surface area contributed by atoms with Crippen molar-refractivity contribution in [2.24, 2.45) is 0 Å². The quantitative estimate of drug-likeness (QED) is 0.356. The van der Waals surface area contributed by atoms with Crippen LogP contribution >= 0.6 is 0 Å². The van der Waals surface area contributed by atoms with Crippen LogP contribution in [0.3, 0.4) is 0 Å². The summed E-state index contributed by atoms with van der Waals surface area (Å²) in [6.07, 6.45) is 0.173. The molecule has 0 atom stereocenters. The van der Waals surface area contributed by atoms with Crippen molar-refractivity contribution in [2.75, 3.05) is 6.54 Å². The van der Waals surface area contributed by atoms with Gasteiger partial charge in [-0.05, 0) is 30.0 Å². The van der Waals surface area contributed by atoms with E-state index in [0.717, 1.165) is 30.5 Å². The van der Waals surface area contributed by atoms with E-state index in [0.29, 0.717) is 5.69 Å². The Bertz CT molecular complexity index is 1350. The molecule has 1 saturated carbocycles. The summed E-state index contributed by atoms with van der Waals surface area (Å²) in [5.74, 6) is -0.748. The van der Waals surface area contributed by atoms with Crippen molar-refractivity contribution < 1.29 is 26.4 Å². The topological polar surface area (TPSA) is 72.3 Å². The van der Waals surface area contributed by atoms with E-state index in [1.165, 1.54) is 18.3 Å². The fourth-order valence-electron chi connectivity index (χ4n) is 4.06. The molecular weight excluding hydrogens is 491 g/mol. The molecule has 10 heteroatoms. The maximum atomic E-state index is 13.3. The van der Waals surface area contributed by atoms with Crippen LogP contribution in [-0.2, 0) is 39.5 Å². The molecule has 2 aromatic carbocycles. The van der Waals surface area contributed by atoms with Gasteiger partial charge in [-0.25, -0.2) is 13.4 Å². The minimum Gasteiger partial charge on any atom is -0.333 e. The maximum absolute atomic E-state index is 13.3. The van der Waals surface area contributed by atoms with E-state index in [1.807, 2.05) is 30.3 Å². The lowest BCUT2D eigenvalue weighted by molar-refractivity contribution is -0.137. The van der Waals surface area contributed by atoms with Gasteiger partial charge in [-0.3, -0.25) is 4.79 Å². The number of carbonyl (C=O) groups excluding carboxylic acids is 1. The van der Waals surface area contributed by atoms with E-state index in [1.54, 1.807) is 15.5 Å². The first-order chi connectivity index (χ1) is 17.1. The Morgan fingerprint density at radius 2 is 1.81 bits per heavy atom. The summed E-state index contributed by atoms with van der Waals surface area (Å²) >= 11 is 0. The molecule has 0 unspecified atom stereocenters. The molecule has 36 heavy (non-hydrogen) atoms. The van der Waals surface area contributed by atoms with Gasteiger partial charge >= 0.3 is 6.18 Å². The number of imidazole rings is 1. The number of amides is 1. The Kier molecular flexibility index (Phi) is 7.35. The van der Waals surface area contributed by atoms with Gasteiger partial charge in [-0.2, -0.15) is 13.2 Å². The van der Waals surface area contributed by atoms with Gasteiger partial charge in [0.05, 0.1) is 36.2 Å². The fourth-order valence-corrected chi connectivity index (χ4v) is 5.58. The van der Waals surface area contributed by atoms with Crippen LogP contribution in [0.2, 0.25) is 0 Å². The van der Waals surface area contributed by atoms with Gasteiger partial charge in [-0.15, -0.1) is 6.58 Å². The second kappa shape index (κ2) is 10.3. The third-order valence-electron chi connectivity index (χ3n) is 5.89. The molecule has 0 aliphatic heterocycles. The zero-order valence-corrected chi connectivity index (χ0v) is 20.3. The van der Waals surface area contributed by atoms with Crippen molar-refractivity contribution in [3.63, 3.8) is 0 Å². The van der Waals surface area contributed by atoms with Gasteiger partial charge in [0.2, 0.25) is 20.9 Å². The summed E-state index contributed by atoms with van der Waals surface area (Å²) < 4.78 is 67.4. The lowest BCUT2D eigenvalue weighted by Gasteiger charge is -2.22. The highest BCUT2D eigenvalue weighted by Gasteiger charge is 2.35. The average molecular weight is 518 g/mol. The van der Waals surface area contributed by atoms with Crippen molar-refractivity contribution in [1.29, 1.82) is 0 Å². The highest BCUT2D eigenvalue weighted by Crippen LogP contribution is 2.39. The van der Waals surface area contributed by atoms with Crippen molar-refractivity contribution >= 4 is 15.7 Å². The smallest absolute Gasteiger partial charge is 0.333 e. The molecule has 1 aliphatic rings. The van der Waals surface area contributed by atoms with Crippen LogP contribution in [0.5, 0.6) is 0 Å². The van der Waals surface area contributed by atoms with Crippen LogP contribution in [0.25, 0.3) is 0 Å². The van der Waals surface area contributed by atoms with Crippen molar-refractivity contribution in [1.82, 2.24) is 14.5 Å². The van der Waals surface area contributed by atoms with Gasteiger partial charge < -0.3 is 9.47 Å².